The van der Waals surface area contributed by atoms with Crippen molar-refractivity contribution >= 4 is 22.8 Å². The van der Waals surface area contributed by atoms with Crippen LogP contribution in [-0.4, -0.2) is 29.0 Å². The maximum Gasteiger partial charge on any atom is 0.246 e. The van der Waals surface area contributed by atoms with E-state index in [1.807, 2.05) is 59.5 Å². The summed E-state index contributed by atoms with van der Waals surface area (Å²) in [7, 11) is 0. The number of aromatic hydroxyl groups is 1. The molecule has 1 aliphatic heterocycles. The Morgan fingerprint density at radius 2 is 1.68 bits per heavy atom. The van der Waals surface area contributed by atoms with Gasteiger partial charge in [-0.15, -0.1) is 0 Å². The van der Waals surface area contributed by atoms with Crippen LogP contribution in [-0.2, 0) is 4.79 Å². The summed E-state index contributed by atoms with van der Waals surface area (Å²) in [5, 5.41) is 11.9. The number of benzene rings is 4. The van der Waals surface area contributed by atoms with Crippen LogP contribution in [0.2, 0.25) is 0 Å². The van der Waals surface area contributed by atoms with E-state index in [0.29, 0.717) is 5.75 Å². The van der Waals surface area contributed by atoms with Crippen LogP contribution in [0.5, 0.6) is 17.2 Å². The van der Waals surface area contributed by atoms with Crippen molar-refractivity contribution in [3.8, 4) is 28.4 Å². The van der Waals surface area contributed by atoms with Gasteiger partial charge in [-0.25, -0.2) is 0 Å². The van der Waals surface area contributed by atoms with Gasteiger partial charge in [-0.1, -0.05) is 48.5 Å². The minimum absolute atomic E-state index is 0.0693. The molecule has 1 fully saturated rings. The fraction of sp³-hybridized carbons (Fsp3) is 0.167. The van der Waals surface area contributed by atoms with Crippen molar-refractivity contribution in [2.75, 3.05) is 13.1 Å². The quantitative estimate of drug-likeness (QED) is 0.336. The number of nitrogens with zero attached hydrogens (tertiary/aromatic N) is 1. The normalized spacial score (nSPS) is 13.6. The van der Waals surface area contributed by atoms with Gasteiger partial charge in [0.2, 0.25) is 5.91 Å². The minimum Gasteiger partial charge on any atom is -0.508 e. The van der Waals surface area contributed by atoms with Gasteiger partial charge in [0.25, 0.3) is 0 Å². The molecule has 0 unspecified atom stereocenters. The van der Waals surface area contributed by atoms with Gasteiger partial charge in [-0.3, -0.25) is 4.79 Å². The highest BCUT2D eigenvalue weighted by molar-refractivity contribution is 5.97. The molecule has 1 saturated heterocycles. The predicted molar refractivity (Wildman–Crippen MR) is 137 cm³/mol. The summed E-state index contributed by atoms with van der Waals surface area (Å²) in [6.07, 6.45) is 5.67. The van der Waals surface area contributed by atoms with Gasteiger partial charge in [-0.2, -0.15) is 0 Å². The first-order valence-electron chi connectivity index (χ1n) is 11.7. The first-order valence-corrected chi connectivity index (χ1v) is 11.7. The molecule has 0 radical (unpaired) electrons. The Bertz CT molecular complexity index is 1350. The fourth-order valence-corrected chi connectivity index (χ4v) is 4.54. The van der Waals surface area contributed by atoms with Crippen molar-refractivity contribution in [1.29, 1.82) is 0 Å². The van der Waals surface area contributed by atoms with Gasteiger partial charge in [0.15, 0.2) is 0 Å². The summed E-state index contributed by atoms with van der Waals surface area (Å²) in [6.45, 7) is 3.76. The van der Waals surface area contributed by atoms with E-state index in [-0.39, 0.29) is 11.7 Å². The zero-order valence-electron chi connectivity index (χ0n) is 19.2. The summed E-state index contributed by atoms with van der Waals surface area (Å²) in [5.74, 6) is 1.76. The second-order valence-electron chi connectivity index (χ2n) is 8.71. The van der Waals surface area contributed by atoms with Gasteiger partial charge in [0.1, 0.15) is 17.2 Å². The molecule has 1 heterocycles. The Morgan fingerprint density at radius 3 is 2.41 bits per heavy atom. The van der Waals surface area contributed by atoms with E-state index in [1.54, 1.807) is 18.2 Å². The molecule has 0 aliphatic carbocycles. The molecule has 4 aromatic rings. The number of likely N-dealkylation sites (tertiary alicyclic amines) is 1. The molecule has 0 spiro atoms. The van der Waals surface area contributed by atoms with Gasteiger partial charge < -0.3 is 14.7 Å². The van der Waals surface area contributed by atoms with Crippen LogP contribution in [0.1, 0.15) is 24.0 Å². The Hall–Kier alpha value is -4.05. The molecule has 4 aromatic carbocycles. The van der Waals surface area contributed by atoms with Crippen LogP contribution in [0, 0.1) is 6.92 Å². The van der Waals surface area contributed by atoms with Crippen LogP contribution in [0.25, 0.3) is 28.0 Å². The van der Waals surface area contributed by atoms with Crippen LogP contribution in [0.15, 0.2) is 84.9 Å². The second-order valence-corrected chi connectivity index (χ2v) is 8.71. The Morgan fingerprint density at radius 1 is 0.941 bits per heavy atom. The summed E-state index contributed by atoms with van der Waals surface area (Å²) < 4.78 is 6.48. The Labute approximate surface area is 199 Å². The van der Waals surface area contributed by atoms with E-state index in [4.69, 9.17) is 4.74 Å². The highest BCUT2D eigenvalue weighted by Crippen LogP contribution is 2.42. The molecule has 34 heavy (non-hydrogen) atoms. The summed E-state index contributed by atoms with van der Waals surface area (Å²) >= 11 is 0. The zero-order chi connectivity index (χ0) is 23.5. The van der Waals surface area contributed by atoms with Crippen molar-refractivity contribution in [3.05, 3.63) is 96.1 Å². The largest absolute Gasteiger partial charge is 0.508 e. The van der Waals surface area contributed by atoms with E-state index in [9.17, 15) is 9.90 Å². The molecule has 170 valence electrons. The molecule has 4 nitrogen and oxygen atoms in total. The topological polar surface area (TPSA) is 49.8 Å². The number of hydrogen-bond donors (Lipinski definition) is 1. The number of rotatable bonds is 5. The van der Waals surface area contributed by atoms with Crippen molar-refractivity contribution in [2.45, 2.75) is 19.8 Å². The average Bonchev–Trinajstić information content (AvgIpc) is 3.39. The van der Waals surface area contributed by atoms with Gasteiger partial charge >= 0.3 is 0 Å². The van der Waals surface area contributed by atoms with E-state index in [1.165, 1.54) is 0 Å². The number of ether oxygens (including phenoxy) is 1. The minimum atomic E-state index is 0.0693. The molecule has 1 aliphatic rings. The third kappa shape index (κ3) is 4.53. The monoisotopic (exact) mass is 449 g/mol. The Kier molecular flexibility index (Phi) is 6.05. The summed E-state index contributed by atoms with van der Waals surface area (Å²) in [4.78, 5) is 14.2. The molecule has 1 amide bonds. The molecule has 0 aromatic heterocycles. The van der Waals surface area contributed by atoms with Crippen LogP contribution < -0.4 is 4.74 Å². The van der Waals surface area contributed by atoms with Crippen LogP contribution in [0.3, 0.4) is 0 Å². The smallest absolute Gasteiger partial charge is 0.246 e. The highest BCUT2D eigenvalue weighted by Gasteiger charge is 2.17. The average molecular weight is 450 g/mol. The maximum absolute atomic E-state index is 12.3. The number of hydrogen-bond acceptors (Lipinski definition) is 3. The number of amides is 1. The van der Waals surface area contributed by atoms with E-state index >= 15 is 0 Å². The van der Waals surface area contributed by atoms with Crippen molar-refractivity contribution in [2.24, 2.45) is 0 Å². The van der Waals surface area contributed by atoms with E-state index < -0.39 is 0 Å². The lowest BCUT2D eigenvalue weighted by Gasteiger charge is -2.17. The molecule has 0 saturated carbocycles. The molecule has 4 heteroatoms. The molecule has 1 N–H and O–H groups in total. The summed E-state index contributed by atoms with van der Waals surface area (Å²) in [5.41, 5.74) is 4.12. The second kappa shape index (κ2) is 9.44. The SMILES string of the molecule is Cc1cc2cc(O)ccc2c(Oc2ccc(/C=C/C(=O)N3CCCC3)cc2)c1-c1ccccc1. The first-order chi connectivity index (χ1) is 16.6. The lowest BCUT2D eigenvalue weighted by Crippen LogP contribution is -2.25. The van der Waals surface area contributed by atoms with Gasteiger partial charge in [0, 0.05) is 30.1 Å². The van der Waals surface area contributed by atoms with Crippen molar-refractivity contribution in [3.63, 3.8) is 0 Å². The number of carbonyl (C=O) groups excluding carboxylic acids is 1. The number of fused-ring (bicyclic) bond motifs is 1. The van der Waals surface area contributed by atoms with E-state index in [2.05, 4.69) is 25.1 Å². The Balaban J connectivity index is 1.47. The molecular formula is C30H27NO3. The number of phenols is 1. The third-order valence-electron chi connectivity index (χ3n) is 6.27. The van der Waals surface area contributed by atoms with Crippen molar-refractivity contribution in [1.82, 2.24) is 4.90 Å². The van der Waals surface area contributed by atoms with E-state index in [0.717, 1.165) is 64.7 Å². The van der Waals surface area contributed by atoms with Gasteiger partial charge in [0.05, 0.1) is 0 Å². The van der Waals surface area contributed by atoms with Crippen LogP contribution in [0.4, 0.5) is 0 Å². The maximum atomic E-state index is 12.3. The summed E-state index contributed by atoms with van der Waals surface area (Å²) in [6, 6.07) is 25.4. The lowest BCUT2D eigenvalue weighted by molar-refractivity contribution is -0.124. The molecule has 0 bridgehead atoms. The number of carbonyl (C=O) groups is 1. The zero-order valence-corrected chi connectivity index (χ0v) is 19.2. The lowest BCUT2D eigenvalue weighted by atomic mass is 9.94. The fourth-order valence-electron chi connectivity index (χ4n) is 4.54. The predicted octanol–water partition coefficient (Wildman–Crippen LogP) is 6.95. The molecule has 5 rings (SSSR count). The number of aryl methyl sites for hydroxylation is 1. The molecular weight excluding hydrogens is 422 g/mol. The molecule has 0 atom stereocenters. The highest BCUT2D eigenvalue weighted by atomic mass is 16.5. The van der Waals surface area contributed by atoms with Crippen molar-refractivity contribution < 1.29 is 14.6 Å². The standard InChI is InChI=1S/C30H27NO3/c1-21-19-24-20-25(32)12-15-27(24)30(29(21)23-7-3-2-4-8-23)34-26-13-9-22(10-14-26)11-16-28(33)31-17-5-6-18-31/h2-4,7-16,19-20,32H,5-6,17-18H2,1H3/b16-11+. The first kappa shape index (κ1) is 21.8. The van der Waals surface area contributed by atoms with Gasteiger partial charge in [-0.05, 0) is 78.2 Å². The number of phenolic OH excluding ortho intramolecular Hbond substituents is 1. The van der Waals surface area contributed by atoms with Crippen LogP contribution >= 0.6 is 0 Å². The third-order valence-corrected chi connectivity index (χ3v) is 6.27.